The smallest absolute Gasteiger partial charge is 0.0921 e. The van der Waals surface area contributed by atoms with Gasteiger partial charge in [0.05, 0.1) is 15.6 Å². The molecular weight excluding hydrogens is 279 g/mol. The molecular formula is C16H22Cl2O. The van der Waals surface area contributed by atoms with Crippen LogP contribution in [0.15, 0.2) is 18.2 Å². The summed E-state index contributed by atoms with van der Waals surface area (Å²) >= 11 is 12.4. The minimum Gasteiger partial charge on any atom is -0.385 e. The van der Waals surface area contributed by atoms with Crippen molar-refractivity contribution in [2.75, 3.05) is 0 Å². The van der Waals surface area contributed by atoms with Crippen LogP contribution in [0, 0.1) is 10.8 Å². The van der Waals surface area contributed by atoms with Crippen LogP contribution in [0.1, 0.15) is 52.5 Å². The van der Waals surface area contributed by atoms with Gasteiger partial charge in [-0.15, -0.1) is 0 Å². The summed E-state index contributed by atoms with van der Waals surface area (Å²) in [6.07, 6.45) is 2.52. The summed E-state index contributed by atoms with van der Waals surface area (Å²) in [5, 5.41) is 12.2. The highest BCUT2D eigenvalue weighted by Crippen LogP contribution is 2.55. The number of aliphatic hydroxyl groups is 1. The van der Waals surface area contributed by atoms with Gasteiger partial charge >= 0.3 is 0 Å². The second kappa shape index (κ2) is 4.65. The molecule has 106 valence electrons. The number of hydrogen-bond acceptors (Lipinski definition) is 1. The van der Waals surface area contributed by atoms with Gasteiger partial charge in [0.25, 0.3) is 0 Å². The first-order chi connectivity index (χ1) is 8.55. The molecule has 1 aromatic rings. The second-order valence-electron chi connectivity index (χ2n) is 7.49. The molecule has 0 spiro atoms. The third kappa shape index (κ3) is 3.09. The predicted molar refractivity (Wildman–Crippen MR) is 81.8 cm³/mol. The van der Waals surface area contributed by atoms with Gasteiger partial charge in [-0.3, -0.25) is 0 Å². The number of halogens is 2. The van der Waals surface area contributed by atoms with Crippen molar-refractivity contribution in [1.29, 1.82) is 0 Å². The van der Waals surface area contributed by atoms with Gasteiger partial charge in [-0.2, -0.15) is 0 Å². The number of benzene rings is 1. The number of rotatable bonds is 1. The van der Waals surface area contributed by atoms with Crippen molar-refractivity contribution in [3.05, 3.63) is 33.8 Å². The number of hydrogen-bond donors (Lipinski definition) is 1. The van der Waals surface area contributed by atoms with Crippen LogP contribution in [0.5, 0.6) is 0 Å². The van der Waals surface area contributed by atoms with Crippen LogP contribution in [0.2, 0.25) is 10.0 Å². The van der Waals surface area contributed by atoms with Crippen molar-refractivity contribution < 1.29 is 5.11 Å². The lowest BCUT2D eigenvalue weighted by atomic mass is 9.58. The van der Waals surface area contributed by atoms with E-state index in [1.807, 2.05) is 12.1 Å². The molecule has 0 unspecified atom stereocenters. The molecule has 19 heavy (non-hydrogen) atoms. The van der Waals surface area contributed by atoms with Crippen LogP contribution < -0.4 is 0 Å². The standard InChI is InChI=1S/C16H22Cl2O/c1-14(2)8-15(3,4)10-16(19,9-14)11-6-5-7-12(17)13(11)18/h5-7,19H,8-10H2,1-4H3. The van der Waals surface area contributed by atoms with Crippen molar-refractivity contribution in [2.24, 2.45) is 10.8 Å². The van der Waals surface area contributed by atoms with E-state index in [9.17, 15) is 5.11 Å². The van der Waals surface area contributed by atoms with Crippen molar-refractivity contribution in [1.82, 2.24) is 0 Å². The Hall–Kier alpha value is -0.240. The highest BCUT2D eigenvalue weighted by atomic mass is 35.5. The molecule has 1 aliphatic rings. The Morgan fingerprint density at radius 3 is 2.00 bits per heavy atom. The van der Waals surface area contributed by atoms with E-state index < -0.39 is 5.60 Å². The Kier molecular flexibility index (Phi) is 3.71. The predicted octanol–water partition coefficient (Wildman–Crippen LogP) is 5.42. The Labute approximate surface area is 125 Å². The molecule has 1 N–H and O–H groups in total. The van der Waals surface area contributed by atoms with Gasteiger partial charge in [-0.1, -0.05) is 63.0 Å². The monoisotopic (exact) mass is 300 g/mol. The Balaban J connectivity index is 2.49. The maximum atomic E-state index is 11.2. The van der Waals surface area contributed by atoms with Crippen molar-refractivity contribution in [3.63, 3.8) is 0 Å². The van der Waals surface area contributed by atoms with Crippen LogP contribution in [-0.4, -0.2) is 5.11 Å². The lowest BCUT2D eigenvalue weighted by Gasteiger charge is -2.50. The van der Waals surface area contributed by atoms with Crippen LogP contribution >= 0.6 is 23.2 Å². The van der Waals surface area contributed by atoms with Crippen molar-refractivity contribution in [2.45, 2.75) is 52.6 Å². The third-order valence-corrected chi connectivity index (χ3v) is 4.77. The molecule has 1 aliphatic carbocycles. The minimum absolute atomic E-state index is 0.0855. The van der Waals surface area contributed by atoms with Crippen LogP contribution in [0.3, 0.4) is 0 Å². The fourth-order valence-electron chi connectivity index (χ4n) is 4.12. The average molecular weight is 301 g/mol. The minimum atomic E-state index is -0.896. The van der Waals surface area contributed by atoms with Crippen LogP contribution in [0.4, 0.5) is 0 Å². The summed E-state index contributed by atoms with van der Waals surface area (Å²) in [4.78, 5) is 0. The van der Waals surface area contributed by atoms with E-state index in [0.29, 0.717) is 22.9 Å². The zero-order chi connectivity index (χ0) is 14.5. The zero-order valence-corrected chi connectivity index (χ0v) is 13.6. The normalized spacial score (nSPS) is 24.2. The van der Waals surface area contributed by atoms with E-state index in [0.717, 1.165) is 12.0 Å². The highest BCUT2D eigenvalue weighted by Gasteiger charge is 2.48. The van der Waals surface area contributed by atoms with E-state index in [2.05, 4.69) is 27.7 Å². The van der Waals surface area contributed by atoms with E-state index in [-0.39, 0.29) is 10.8 Å². The molecule has 1 saturated carbocycles. The molecule has 1 nitrogen and oxygen atoms in total. The maximum Gasteiger partial charge on any atom is 0.0921 e. The van der Waals surface area contributed by atoms with Crippen LogP contribution in [-0.2, 0) is 5.60 Å². The summed E-state index contributed by atoms with van der Waals surface area (Å²) in [5.74, 6) is 0. The molecule has 0 heterocycles. The first-order valence-corrected chi connectivity index (χ1v) is 7.47. The van der Waals surface area contributed by atoms with Gasteiger partial charge in [0.1, 0.15) is 0 Å². The molecule has 3 heteroatoms. The lowest BCUT2D eigenvalue weighted by molar-refractivity contribution is -0.0912. The zero-order valence-electron chi connectivity index (χ0n) is 12.1. The second-order valence-corrected chi connectivity index (χ2v) is 8.28. The third-order valence-electron chi connectivity index (χ3n) is 3.95. The molecule has 1 fully saturated rings. The lowest BCUT2D eigenvalue weighted by Crippen LogP contribution is -2.44. The first kappa shape index (κ1) is 15.2. The topological polar surface area (TPSA) is 20.2 Å². The molecule has 0 aromatic heterocycles. The molecule has 0 amide bonds. The van der Waals surface area contributed by atoms with E-state index in [1.54, 1.807) is 6.07 Å². The van der Waals surface area contributed by atoms with E-state index in [4.69, 9.17) is 23.2 Å². The van der Waals surface area contributed by atoms with Crippen LogP contribution in [0.25, 0.3) is 0 Å². The van der Waals surface area contributed by atoms with Crippen molar-refractivity contribution >= 4 is 23.2 Å². The molecule has 0 radical (unpaired) electrons. The highest BCUT2D eigenvalue weighted by molar-refractivity contribution is 6.42. The van der Waals surface area contributed by atoms with Gasteiger partial charge in [-0.25, -0.2) is 0 Å². The van der Waals surface area contributed by atoms with Crippen molar-refractivity contribution in [3.8, 4) is 0 Å². The van der Waals surface area contributed by atoms with Gasteiger partial charge in [0.2, 0.25) is 0 Å². The molecule has 1 aromatic carbocycles. The fraction of sp³-hybridized carbons (Fsp3) is 0.625. The van der Waals surface area contributed by atoms with Gasteiger partial charge in [0.15, 0.2) is 0 Å². The summed E-state index contributed by atoms with van der Waals surface area (Å²) in [7, 11) is 0. The summed E-state index contributed by atoms with van der Waals surface area (Å²) in [6, 6.07) is 5.51. The largest absolute Gasteiger partial charge is 0.385 e. The van der Waals surface area contributed by atoms with Gasteiger partial charge < -0.3 is 5.11 Å². The molecule has 0 aliphatic heterocycles. The Morgan fingerprint density at radius 2 is 1.47 bits per heavy atom. The first-order valence-electron chi connectivity index (χ1n) is 6.72. The van der Waals surface area contributed by atoms with Gasteiger partial charge in [-0.05, 0) is 36.2 Å². The Morgan fingerprint density at radius 1 is 0.947 bits per heavy atom. The Bertz CT molecular complexity index is 476. The SMILES string of the molecule is CC1(C)CC(C)(C)CC(O)(c2cccc(Cl)c2Cl)C1. The summed E-state index contributed by atoms with van der Waals surface area (Å²) in [6.45, 7) is 8.82. The maximum absolute atomic E-state index is 11.2. The summed E-state index contributed by atoms with van der Waals surface area (Å²) < 4.78 is 0. The molecule has 0 atom stereocenters. The fourth-order valence-corrected chi connectivity index (χ4v) is 4.60. The molecule has 0 saturated heterocycles. The average Bonchev–Trinajstić information content (AvgIpc) is 2.16. The van der Waals surface area contributed by atoms with E-state index >= 15 is 0 Å². The quantitative estimate of drug-likeness (QED) is 0.734. The summed E-state index contributed by atoms with van der Waals surface area (Å²) in [5.41, 5.74) is 0.0415. The van der Waals surface area contributed by atoms with Gasteiger partial charge in [0, 0.05) is 5.56 Å². The van der Waals surface area contributed by atoms with E-state index in [1.165, 1.54) is 0 Å². The molecule has 0 bridgehead atoms. The molecule has 2 rings (SSSR count).